The SMILES string of the molecule is Cc1cc(C(C)CCN)cc(Cl)c1OCc1ccccc1. The molecule has 112 valence electrons. The summed E-state index contributed by atoms with van der Waals surface area (Å²) < 4.78 is 5.89. The third kappa shape index (κ3) is 4.23. The van der Waals surface area contributed by atoms with Crippen LogP contribution in [0.15, 0.2) is 42.5 Å². The second-order valence-corrected chi connectivity index (χ2v) is 5.81. The summed E-state index contributed by atoms with van der Waals surface area (Å²) >= 11 is 6.39. The summed E-state index contributed by atoms with van der Waals surface area (Å²) in [5.41, 5.74) is 9.04. The molecule has 0 aliphatic heterocycles. The Labute approximate surface area is 131 Å². The van der Waals surface area contributed by atoms with E-state index in [4.69, 9.17) is 22.1 Å². The van der Waals surface area contributed by atoms with Gasteiger partial charge in [-0.1, -0.05) is 54.9 Å². The van der Waals surface area contributed by atoms with Crippen LogP contribution >= 0.6 is 11.6 Å². The molecule has 2 aromatic rings. The van der Waals surface area contributed by atoms with Crippen LogP contribution in [0, 0.1) is 6.92 Å². The summed E-state index contributed by atoms with van der Waals surface area (Å²) in [4.78, 5) is 0. The maximum Gasteiger partial charge on any atom is 0.141 e. The van der Waals surface area contributed by atoms with Gasteiger partial charge in [0.05, 0.1) is 5.02 Å². The van der Waals surface area contributed by atoms with E-state index in [1.807, 2.05) is 43.3 Å². The van der Waals surface area contributed by atoms with Crippen molar-refractivity contribution in [1.29, 1.82) is 0 Å². The highest BCUT2D eigenvalue weighted by Crippen LogP contribution is 2.33. The van der Waals surface area contributed by atoms with Crippen molar-refractivity contribution in [1.82, 2.24) is 0 Å². The quantitative estimate of drug-likeness (QED) is 0.841. The van der Waals surface area contributed by atoms with Crippen molar-refractivity contribution in [2.45, 2.75) is 32.8 Å². The Hall–Kier alpha value is -1.51. The Balaban J connectivity index is 2.13. The standard InChI is InChI=1S/C18H22ClNO/c1-13(8-9-20)16-10-14(2)18(17(19)11-16)21-12-15-6-4-3-5-7-15/h3-7,10-11,13H,8-9,12,20H2,1-2H3. The molecule has 1 unspecified atom stereocenters. The van der Waals surface area contributed by atoms with Gasteiger partial charge in [-0.2, -0.15) is 0 Å². The van der Waals surface area contributed by atoms with Gasteiger partial charge in [-0.25, -0.2) is 0 Å². The lowest BCUT2D eigenvalue weighted by molar-refractivity contribution is 0.304. The van der Waals surface area contributed by atoms with Crippen LogP contribution in [0.25, 0.3) is 0 Å². The lowest BCUT2D eigenvalue weighted by Crippen LogP contribution is -2.05. The van der Waals surface area contributed by atoms with Crippen molar-refractivity contribution < 1.29 is 4.74 Å². The maximum atomic E-state index is 6.39. The number of ether oxygens (including phenoxy) is 1. The third-order valence-electron chi connectivity index (χ3n) is 3.65. The molecular weight excluding hydrogens is 282 g/mol. The van der Waals surface area contributed by atoms with Crippen LogP contribution in [0.4, 0.5) is 0 Å². The van der Waals surface area contributed by atoms with Gasteiger partial charge in [-0.05, 0) is 48.6 Å². The predicted molar refractivity (Wildman–Crippen MR) is 89.0 cm³/mol. The van der Waals surface area contributed by atoms with Crippen molar-refractivity contribution >= 4 is 11.6 Å². The van der Waals surface area contributed by atoms with E-state index in [2.05, 4.69) is 13.0 Å². The van der Waals surface area contributed by atoms with E-state index in [1.54, 1.807) is 0 Å². The molecule has 0 aromatic heterocycles. The molecule has 0 saturated heterocycles. The molecule has 0 radical (unpaired) electrons. The number of halogens is 1. The molecule has 1 atom stereocenters. The minimum Gasteiger partial charge on any atom is -0.487 e. The van der Waals surface area contributed by atoms with Crippen molar-refractivity contribution in [3.63, 3.8) is 0 Å². The largest absolute Gasteiger partial charge is 0.487 e. The molecule has 0 spiro atoms. The summed E-state index contributed by atoms with van der Waals surface area (Å²) in [5.74, 6) is 1.18. The van der Waals surface area contributed by atoms with E-state index < -0.39 is 0 Å². The van der Waals surface area contributed by atoms with E-state index in [1.165, 1.54) is 5.56 Å². The molecule has 2 nitrogen and oxygen atoms in total. The van der Waals surface area contributed by atoms with E-state index in [0.29, 0.717) is 24.1 Å². The summed E-state index contributed by atoms with van der Waals surface area (Å²) in [6, 6.07) is 14.2. The molecule has 3 heteroatoms. The number of hydrogen-bond donors (Lipinski definition) is 1. The van der Waals surface area contributed by atoms with E-state index in [9.17, 15) is 0 Å². The molecule has 0 saturated carbocycles. The van der Waals surface area contributed by atoms with Crippen molar-refractivity contribution in [2.24, 2.45) is 5.73 Å². The Morgan fingerprint density at radius 1 is 1.19 bits per heavy atom. The molecule has 0 fully saturated rings. The molecular formula is C18H22ClNO. The van der Waals surface area contributed by atoms with Crippen LogP contribution in [0.5, 0.6) is 5.75 Å². The maximum absolute atomic E-state index is 6.39. The highest BCUT2D eigenvalue weighted by atomic mass is 35.5. The molecule has 0 aliphatic rings. The predicted octanol–water partition coefficient (Wildman–Crippen LogP) is 4.68. The second kappa shape index (κ2) is 7.48. The van der Waals surface area contributed by atoms with Crippen LogP contribution in [0.3, 0.4) is 0 Å². The third-order valence-corrected chi connectivity index (χ3v) is 3.93. The molecule has 21 heavy (non-hydrogen) atoms. The monoisotopic (exact) mass is 303 g/mol. The average molecular weight is 304 g/mol. The molecule has 2 N–H and O–H groups in total. The fraction of sp³-hybridized carbons (Fsp3) is 0.333. The fourth-order valence-electron chi connectivity index (χ4n) is 2.37. The van der Waals surface area contributed by atoms with Gasteiger partial charge in [0.2, 0.25) is 0 Å². The number of rotatable bonds is 6. The summed E-state index contributed by atoms with van der Waals surface area (Å²) in [7, 11) is 0. The second-order valence-electron chi connectivity index (χ2n) is 5.40. The first-order valence-electron chi connectivity index (χ1n) is 7.28. The smallest absolute Gasteiger partial charge is 0.141 e. The zero-order valence-electron chi connectivity index (χ0n) is 12.6. The number of aryl methyl sites for hydroxylation is 1. The zero-order chi connectivity index (χ0) is 15.2. The van der Waals surface area contributed by atoms with Crippen LogP contribution in [-0.4, -0.2) is 6.54 Å². The van der Waals surface area contributed by atoms with Gasteiger partial charge in [0.25, 0.3) is 0 Å². The summed E-state index contributed by atoms with van der Waals surface area (Å²) in [6.07, 6.45) is 0.958. The summed E-state index contributed by atoms with van der Waals surface area (Å²) in [5, 5.41) is 0.671. The Kier molecular flexibility index (Phi) is 5.66. The molecule has 2 aromatic carbocycles. The van der Waals surface area contributed by atoms with Crippen LogP contribution in [-0.2, 0) is 6.61 Å². The molecule has 0 bridgehead atoms. The minimum absolute atomic E-state index is 0.411. The van der Waals surface area contributed by atoms with E-state index >= 15 is 0 Å². The van der Waals surface area contributed by atoms with Gasteiger partial charge >= 0.3 is 0 Å². The topological polar surface area (TPSA) is 35.2 Å². The number of nitrogens with two attached hydrogens (primary N) is 1. The van der Waals surface area contributed by atoms with Crippen LogP contribution in [0.2, 0.25) is 5.02 Å². The van der Waals surface area contributed by atoms with Crippen LogP contribution in [0.1, 0.15) is 36.0 Å². The van der Waals surface area contributed by atoms with Gasteiger partial charge in [0, 0.05) is 0 Å². The molecule has 0 amide bonds. The molecule has 0 heterocycles. The van der Waals surface area contributed by atoms with Crippen molar-refractivity contribution in [3.05, 3.63) is 64.2 Å². The van der Waals surface area contributed by atoms with Gasteiger partial charge in [-0.3, -0.25) is 0 Å². The highest BCUT2D eigenvalue weighted by molar-refractivity contribution is 6.32. The van der Waals surface area contributed by atoms with E-state index in [-0.39, 0.29) is 0 Å². The van der Waals surface area contributed by atoms with Gasteiger partial charge in [0.15, 0.2) is 0 Å². The minimum atomic E-state index is 0.411. The lowest BCUT2D eigenvalue weighted by atomic mass is 9.96. The Morgan fingerprint density at radius 3 is 2.52 bits per heavy atom. The Morgan fingerprint density at radius 2 is 1.90 bits per heavy atom. The first kappa shape index (κ1) is 15.9. The first-order valence-corrected chi connectivity index (χ1v) is 7.66. The van der Waals surface area contributed by atoms with Crippen LogP contribution < -0.4 is 10.5 Å². The lowest BCUT2D eigenvalue weighted by Gasteiger charge is -2.16. The summed E-state index contributed by atoms with van der Waals surface area (Å²) in [6.45, 7) is 5.41. The Bertz CT molecular complexity index is 560. The highest BCUT2D eigenvalue weighted by Gasteiger charge is 2.12. The average Bonchev–Trinajstić information content (AvgIpc) is 2.47. The van der Waals surface area contributed by atoms with Gasteiger partial charge < -0.3 is 10.5 Å². The molecule has 2 rings (SSSR count). The number of hydrogen-bond acceptors (Lipinski definition) is 2. The zero-order valence-corrected chi connectivity index (χ0v) is 13.4. The molecule has 0 aliphatic carbocycles. The normalized spacial score (nSPS) is 12.2. The van der Waals surface area contributed by atoms with Crippen molar-refractivity contribution in [3.8, 4) is 5.75 Å². The van der Waals surface area contributed by atoms with Gasteiger partial charge in [-0.15, -0.1) is 0 Å². The fourth-order valence-corrected chi connectivity index (χ4v) is 2.70. The van der Waals surface area contributed by atoms with Crippen molar-refractivity contribution in [2.75, 3.05) is 6.54 Å². The van der Waals surface area contributed by atoms with Gasteiger partial charge in [0.1, 0.15) is 12.4 Å². The first-order chi connectivity index (χ1) is 10.1. The van der Waals surface area contributed by atoms with E-state index in [0.717, 1.165) is 23.3 Å². The number of benzene rings is 2.